The highest BCUT2D eigenvalue weighted by molar-refractivity contribution is 6.43. The van der Waals surface area contributed by atoms with Crippen LogP contribution in [-0.4, -0.2) is 5.91 Å². The van der Waals surface area contributed by atoms with E-state index >= 15 is 0 Å². The molecule has 3 aromatic rings. The van der Waals surface area contributed by atoms with Crippen LogP contribution in [0.15, 0.2) is 65.1 Å². The summed E-state index contributed by atoms with van der Waals surface area (Å²) in [6, 6.07) is 16.6. The molecular formula is C21H17Cl2NO2. The second-order valence-electron chi connectivity index (χ2n) is 5.64. The van der Waals surface area contributed by atoms with E-state index in [1.54, 1.807) is 30.3 Å². The number of benzene rings is 2. The van der Waals surface area contributed by atoms with E-state index in [1.165, 1.54) is 6.08 Å². The lowest BCUT2D eigenvalue weighted by atomic mass is 10.1. The van der Waals surface area contributed by atoms with Crippen molar-refractivity contribution in [2.24, 2.45) is 0 Å². The second-order valence-corrected chi connectivity index (χ2v) is 6.42. The summed E-state index contributed by atoms with van der Waals surface area (Å²) < 4.78 is 5.74. The quantitative estimate of drug-likeness (QED) is 0.511. The van der Waals surface area contributed by atoms with Crippen LogP contribution in [0, 0.1) is 0 Å². The van der Waals surface area contributed by atoms with Crippen molar-refractivity contribution in [3.63, 3.8) is 0 Å². The van der Waals surface area contributed by atoms with E-state index in [2.05, 4.69) is 5.32 Å². The van der Waals surface area contributed by atoms with Crippen molar-refractivity contribution < 1.29 is 9.21 Å². The number of rotatable bonds is 5. The first-order chi connectivity index (χ1) is 12.6. The first-order valence-electron chi connectivity index (χ1n) is 8.19. The van der Waals surface area contributed by atoms with Gasteiger partial charge in [0.25, 0.3) is 0 Å². The molecule has 5 heteroatoms. The predicted octanol–water partition coefficient (Wildman–Crippen LogP) is 6.47. The van der Waals surface area contributed by atoms with Gasteiger partial charge in [-0.05, 0) is 48.4 Å². The fourth-order valence-electron chi connectivity index (χ4n) is 2.56. The highest BCUT2D eigenvalue weighted by atomic mass is 35.5. The number of aryl methyl sites for hydroxylation is 1. The molecule has 1 amide bonds. The highest BCUT2D eigenvalue weighted by Crippen LogP contribution is 2.34. The minimum atomic E-state index is -0.218. The van der Waals surface area contributed by atoms with Crippen LogP contribution in [0.1, 0.15) is 18.2 Å². The maximum atomic E-state index is 12.2. The first-order valence-corrected chi connectivity index (χ1v) is 8.95. The third kappa shape index (κ3) is 4.18. The van der Waals surface area contributed by atoms with E-state index in [4.69, 9.17) is 27.6 Å². The summed E-state index contributed by atoms with van der Waals surface area (Å²) in [6.45, 7) is 2.05. The normalized spacial score (nSPS) is 11.0. The molecule has 0 fully saturated rings. The van der Waals surface area contributed by atoms with Crippen molar-refractivity contribution in [2.75, 3.05) is 5.32 Å². The molecule has 2 aromatic carbocycles. The smallest absolute Gasteiger partial charge is 0.248 e. The highest BCUT2D eigenvalue weighted by Gasteiger charge is 2.10. The molecule has 0 saturated carbocycles. The van der Waals surface area contributed by atoms with Gasteiger partial charge < -0.3 is 9.73 Å². The van der Waals surface area contributed by atoms with Gasteiger partial charge in [0.1, 0.15) is 11.5 Å². The van der Waals surface area contributed by atoms with Crippen LogP contribution in [-0.2, 0) is 11.2 Å². The van der Waals surface area contributed by atoms with E-state index in [9.17, 15) is 4.79 Å². The maximum absolute atomic E-state index is 12.2. The maximum Gasteiger partial charge on any atom is 0.248 e. The fourth-order valence-corrected chi connectivity index (χ4v) is 2.96. The molecule has 1 N–H and O–H groups in total. The molecule has 0 aliphatic rings. The number of hydrogen-bond donors (Lipinski definition) is 1. The van der Waals surface area contributed by atoms with Crippen LogP contribution >= 0.6 is 23.2 Å². The Morgan fingerprint density at radius 2 is 1.88 bits per heavy atom. The van der Waals surface area contributed by atoms with Crippen molar-refractivity contribution in [1.82, 2.24) is 0 Å². The molecule has 26 heavy (non-hydrogen) atoms. The molecule has 0 radical (unpaired) electrons. The summed E-state index contributed by atoms with van der Waals surface area (Å²) in [5.74, 6) is 0.925. The lowest BCUT2D eigenvalue weighted by Crippen LogP contribution is -2.09. The van der Waals surface area contributed by atoms with Crippen LogP contribution in [0.2, 0.25) is 10.0 Å². The van der Waals surface area contributed by atoms with Crippen molar-refractivity contribution in [3.05, 3.63) is 82.0 Å². The summed E-state index contributed by atoms with van der Waals surface area (Å²) in [7, 11) is 0. The van der Waals surface area contributed by atoms with Crippen molar-refractivity contribution in [2.45, 2.75) is 13.3 Å². The van der Waals surface area contributed by atoms with Crippen molar-refractivity contribution in [1.29, 1.82) is 0 Å². The number of anilines is 1. The molecule has 0 bridgehead atoms. The number of para-hydroxylation sites is 1. The van der Waals surface area contributed by atoms with Gasteiger partial charge in [-0.2, -0.15) is 0 Å². The number of carbonyl (C=O) groups is 1. The second kappa shape index (κ2) is 8.26. The minimum Gasteiger partial charge on any atom is -0.457 e. The Labute approximate surface area is 162 Å². The van der Waals surface area contributed by atoms with Crippen molar-refractivity contribution >= 4 is 40.9 Å². The van der Waals surface area contributed by atoms with Gasteiger partial charge in [0.15, 0.2) is 0 Å². The van der Waals surface area contributed by atoms with E-state index in [0.29, 0.717) is 27.1 Å². The Morgan fingerprint density at radius 3 is 2.69 bits per heavy atom. The number of amides is 1. The van der Waals surface area contributed by atoms with Crippen molar-refractivity contribution in [3.8, 4) is 11.3 Å². The van der Waals surface area contributed by atoms with Crippen LogP contribution in [0.5, 0.6) is 0 Å². The third-order valence-corrected chi connectivity index (χ3v) is 4.72. The molecule has 1 aromatic heterocycles. The third-order valence-electron chi connectivity index (χ3n) is 3.90. The van der Waals surface area contributed by atoms with E-state index in [0.717, 1.165) is 17.7 Å². The van der Waals surface area contributed by atoms with Gasteiger partial charge >= 0.3 is 0 Å². The molecule has 0 unspecified atom stereocenters. The predicted molar refractivity (Wildman–Crippen MR) is 108 cm³/mol. The zero-order valence-corrected chi connectivity index (χ0v) is 15.6. The number of nitrogens with one attached hydrogen (secondary N) is 1. The van der Waals surface area contributed by atoms with Crippen LogP contribution in [0.4, 0.5) is 5.69 Å². The van der Waals surface area contributed by atoms with E-state index < -0.39 is 0 Å². The SMILES string of the molecule is CCc1ccccc1NC(=O)C=Cc1ccc(-c2cccc(Cl)c2Cl)o1. The van der Waals surface area contributed by atoms with Gasteiger partial charge in [-0.1, -0.05) is 54.4 Å². The van der Waals surface area contributed by atoms with Gasteiger partial charge in [0.2, 0.25) is 5.91 Å². The van der Waals surface area contributed by atoms with Gasteiger partial charge in [0.05, 0.1) is 10.0 Å². The molecule has 0 aliphatic heterocycles. The molecule has 0 saturated heterocycles. The molecule has 1 heterocycles. The van der Waals surface area contributed by atoms with Gasteiger partial charge in [-0.15, -0.1) is 0 Å². The molecular weight excluding hydrogens is 369 g/mol. The zero-order valence-electron chi connectivity index (χ0n) is 14.1. The Morgan fingerprint density at radius 1 is 1.08 bits per heavy atom. The van der Waals surface area contributed by atoms with Gasteiger partial charge in [-0.25, -0.2) is 0 Å². The number of hydrogen-bond acceptors (Lipinski definition) is 2. The Hall–Kier alpha value is -2.49. The monoisotopic (exact) mass is 385 g/mol. The minimum absolute atomic E-state index is 0.218. The summed E-state index contributed by atoms with van der Waals surface area (Å²) in [6.07, 6.45) is 3.91. The summed E-state index contributed by atoms with van der Waals surface area (Å²) in [5, 5.41) is 3.78. The zero-order chi connectivity index (χ0) is 18.5. The average Bonchev–Trinajstić information content (AvgIpc) is 3.11. The fraction of sp³-hybridized carbons (Fsp3) is 0.0952. The first kappa shape index (κ1) is 18.3. The Kier molecular flexibility index (Phi) is 5.82. The largest absolute Gasteiger partial charge is 0.457 e. The Balaban J connectivity index is 1.72. The lowest BCUT2D eigenvalue weighted by molar-refractivity contribution is -0.111. The molecule has 132 valence electrons. The molecule has 3 rings (SSSR count). The van der Waals surface area contributed by atoms with Crippen LogP contribution < -0.4 is 5.32 Å². The van der Waals surface area contributed by atoms with Crippen LogP contribution in [0.25, 0.3) is 17.4 Å². The molecule has 0 atom stereocenters. The van der Waals surface area contributed by atoms with Gasteiger partial charge in [-0.3, -0.25) is 4.79 Å². The number of halogens is 2. The lowest BCUT2D eigenvalue weighted by Gasteiger charge is -2.07. The Bertz CT molecular complexity index is 960. The van der Waals surface area contributed by atoms with Crippen LogP contribution in [0.3, 0.4) is 0 Å². The molecule has 0 aliphatic carbocycles. The summed E-state index contributed by atoms with van der Waals surface area (Å²) in [4.78, 5) is 12.2. The summed E-state index contributed by atoms with van der Waals surface area (Å²) in [5.41, 5.74) is 2.61. The topological polar surface area (TPSA) is 42.2 Å². The van der Waals surface area contributed by atoms with E-state index in [-0.39, 0.29) is 5.91 Å². The molecule has 0 spiro atoms. The number of carbonyl (C=O) groups excluding carboxylic acids is 1. The summed E-state index contributed by atoms with van der Waals surface area (Å²) >= 11 is 12.2. The van der Waals surface area contributed by atoms with E-state index in [1.807, 2.05) is 37.3 Å². The van der Waals surface area contributed by atoms with Gasteiger partial charge in [0, 0.05) is 17.3 Å². The average molecular weight is 386 g/mol. The number of furan rings is 1. The molecule has 3 nitrogen and oxygen atoms in total. The standard InChI is InChI=1S/C21H17Cl2NO2/c1-2-14-6-3-4-9-18(14)24-20(25)13-11-15-10-12-19(26-15)16-7-5-8-17(22)21(16)23/h3-13H,2H2,1H3,(H,24,25).